The molecule has 1 aliphatic rings. The third-order valence-corrected chi connectivity index (χ3v) is 4.33. The Labute approximate surface area is 146 Å². The van der Waals surface area contributed by atoms with E-state index in [4.69, 9.17) is 5.26 Å². The van der Waals surface area contributed by atoms with Crippen LogP contribution < -0.4 is 5.32 Å². The second-order valence-corrected chi connectivity index (χ2v) is 6.17. The fourth-order valence-corrected chi connectivity index (χ4v) is 2.82. The number of benzene rings is 1. The van der Waals surface area contributed by atoms with E-state index in [9.17, 15) is 0 Å². The molecular weight excluding hydrogens is 294 g/mol. The van der Waals surface area contributed by atoms with Crippen molar-refractivity contribution in [2.45, 2.75) is 39.5 Å². The first-order valence-corrected chi connectivity index (χ1v) is 8.75. The highest BCUT2D eigenvalue weighted by Gasteiger charge is 2.04. The molecule has 0 bridgehead atoms. The molecule has 0 radical (unpaired) electrons. The summed E-state index contributed by atoms with van der Waals surface area (Å²) in [5.41, 5.74) is 4.06. The lowest BCUT2D eigenvalue weighted by atomic mass is 10.0. The summed E-state index contributed by atoms with van der Waals surface area (Å²) in [5.74, 6) is 0. The Bertz CT molecular complexity index is 637. The van der Waals surface area contributed by atoms with Gasteiger partial charge in [0.15, 0.2) is 0 Å². The Kier molecular flexibility index (Phi) is 7.17. The van der Waals surface area contributed by atoms with Gasteiger partial charge >= 0.3 is 0 Å². The largest absolute Gasteiger partial charge is 0.376 e. The molecule has 2 rings (SSSR count). The van der Waals surface area contributed by atoms with Crippen molar-refractivity contribution in [3.63, 3.8) is 0 Å². The molecule has 3 heteroatoms. The van der Waals surface area contributed by atoms with Crippen molar-refractivity contribution >= 4 is 5.57 Å². The van der Waals surface area contributed by atoms with Crippen LogP contribution in [0.25, 0.3) is 5.57 Å². The number of nitrogens with zero attached hydrogens (tertiary/aromatic N) is 2. The number of rotatable bonds is 5. The molecule has 3 nitrogen and oxygen atoms in total. The summed E-state index contributed by atoms with van der Waals surface area (Å²) in [6, 6.07) is 9.84. The van der Waals surface area contributed by atoms with Gasteiger partial charge in [-0.2, -0.15) is 5.26 Å². The van der Waals surface area contributed by atoms with Gasteiger partial charge in [0.25, 0.3) is 0 Å². The highest BCUT2D eigenvalue weighted by Crippen LogP contribution is 2.16. The van der Waals surface area contributed by atoms with Crippen molar-refractivity contribution in [1.82, 2.24) is 10.2 Å². The number of allylic oxidation sites excluding steroid dienone is 3. The van der Waals surface area contributed by atoms with E-state index in [0.29, 0.717) is 5.56 Å². The van der Waals surface area contributed by atoms with E-state index in [1.807, 2.05) is 37.4 Å². The van der Waals surface area contributed by atoms with Crippen LogP contribution in [0.3, 0.4) is 0 Å². The number of hydrogen-bond acceptors (Lipinski definition) is 3. The molecule has 0 amide bonds. The van der Waals surface area contributed by atoms with Crippen LogP contribution in [0.2, 0.25) is 0 Å². The lowest BCUT2D eigenvalue weighted by Crippen LogP contribution is -2.18. The maximum atomic E-state index is 8.88. The smallest absolute Gasteiger partial charge is 0.0991 e. The SMILES string of the molecule is C/C=C(\C=C(/C)c1ccc(C#N)cc1)N/C=C\N1CCCCCC1. The molecule has 1 fully saturated rings. The van der Waals surface area contributed by atoms with Gasteiger partial charge in [0, 0.05) is 31.2 Å². The van der Waals surface area contributed by atoms with Crippen LogP contribution in [-0.2, 0) is 0 Å². The normalized spacial score (nSPS) is 16.8. The molecule has 0 saturated carbocycles. The number of nitriles is 1. The molecule has 1 aliphatic heterocycles. The van der Waals surface area contributed by atoms with Gasteiger partial charge in [-0.15, -0.1) is 0 Å². The molecule has 0 aliphatic carbocycles. The highest BCUT2D eigenvalue weighted by molar-refractivity contribution is 5.66. The van der Waals surface area contributed by atoms with Gasteiger partial charge in [0.2, 0.25) is 0 Å². The van der Waals surface area contributed by atoms with E-state index in [0.717, 1.165) is 24.4 Å². The molecule has 0 spiro atoms. The lowest BCUT2D eigenvalue weighted by Gasteiger charge is -2.17. The van der Waals surface area contributed by atoms with Crippen LogP contribution in [0.15, 0.2) is 54.5 Å². The standard InChI is InChI=1S/C21H27N3/c1-3-21(23-12-15-24-13-6-4-5-7-14-24)16-18(2)20-10-8-19(17-22)9-11-20/h3,8-12,15-16,23H,4-7,13-14H2,1-2H3/b15-12-,18-16+,21-3+. The van der Waals surface area contributed by atoms with Crippen molar-refractivity contribution in [1.29, 1.82) is 5.26 Å². The van der Waals surface area contributed by atoms with Gasteiger partial charge in [0.05, 0.1) is 11.6 Å². The van der Waals surface area contributed by atoms with Crippen molar-refractivity contribution in [2.24, 2.45) is 0 Å². The van der Waals surface area contributed by atoms with Crippen LogP contribution in [0.4, 0.5) is 0 Å². The van der Waals surface area contributed by atoms with Crippen molar-refractivity contribution in [2.75, 3.05) is 13.1 Å². The molecule has 0 unspecified atom stereocenters. The second kappa shape index (κ2) is 9.62. The molecule has 1 aromatic carbocycles. The molecule has 0 atom stereocenters. The molecule has 126 valence electrons. The Hall–Kier alpha value is -2.47. The third kappa shape index (κ3) is 5.62. The summed E-state index contributed by atoms with van der Waals surface area (Å²) in [4.78, 5) is 2.39. The molecule has 1 N–H and O–H groups in total. The Balaban J connectivity index is 1.96. The van der Waals surface area contributed by atoms with E-state index in [1.54, 1.807) is 0 Å². The van der Waals surface area contributed by atoms with E-state index in [2.05, 4.69) is 41.6 Å². The zero-order valence-corrected chi connectivity index (χ0v) is 14.8. The summed E-state index contributed by atoms with van der Waals surface area (Å²) in [6.45, 7) is 6.43. The minimum Gasteiger partial charge on any atom is -0.376 e. The van der Waals surface area contributed by atoms with Gasteiger partial charge in [-0.1, -0.05) is 31.1 Å². The van der Waals surface area contributed by atoms with Gasteiger partial charge in [0.1, 0.15) is 0 Å². The summed E-state index contributed by atoms with van der Waals surface area (Å²) in [7, 11) is 0. The van der Waals surface area contributed by atoms with Gasteiger partial charge in [-0.05, 0) is 56.0 Å². The first kappa shape index (κ1) is 17.9. The minimum atomic E-state index is 0.691. The maximum absolute atomic E-state index is 8.88. The van der Waals surface area contributed by atoms with E-state index >= 15 is 0 Å². The fraction of sp³-hybridized carbons (Fsp3) is 0.381. The van der Waals surface area contributed by atoms with Crippen LogP contribution in [0.1, 0.15) is 50.7 Å². The first-order valence-electron chi connectivity index (χ1n) is 8.75. The molecule has 24 heavy (non-hydrogen) atoms. The second-order valence-electron chi connectivity index (χ2n) is 6.17. The number of likely N-dealkylation sites (tertiary alicyclic amines) is 1. The highest BCUT2D eigenvalue weighted by atomic mass is 15.1. The quantitative estimate of drug-likeness (QED) is 0.792. The predicted octanol–water partition coefficient (Wildman–Crippen LogP) is 4.80. The number of nitrogens with one attached hydrogen (secondary N) is 1. The zero-order valence-electron chi connectivity index (χ0n) is 14.8. The van der Waals surface area contributed by atoms with Crippen molar-refractivity contribution in [3.05, 3.63) is 65.6 Å². The molecule has 1 saturated heterocycles. The van der Waals surface area contributed by atoms with E-state index in [1.165, 1.54) is 31.3 Å². The molecule has 0 aromatic heterocycles. The van der Waals surface area contributed by atoms with Crippen LogP contribution in [0, 0.1) is 11.3 Å². The topological polar surface area (TPSA) is 39.1 Å². The Morgan fingerprint density at radius 3 is 2.38 bits per heavy atom. The molecule has 1 heterocycles. The van der Waals surface area contributed by atoms with Crippen LogP contribution in [-0.4, -0.2) is 18.0 Å². The summed E-state index contributed by atoms with van der Waals surface area (Å²) in [5, 5.41) is 12.2. The zero-order chi connectivity index (χ0) is 17.2. The van der Waals surface area contributed by atoms with Gasteiger partial charge < -0.3 is 10.2 Å². The van der Waals surface area contributed by atoms with Crippen LogP contribution >= 0.6 is 0 Å². The Morgan fingerprint density at radius 2 is 1.79 bits per heavy atom. The average molecular weight is 321 g/mol. The summed E-state index contributed by atoms with van der Waals surface area (Å²) in [6.07, 6.45) is 13.7. The predicted molar refractivity (Wildman–Crippen MR) is 101 cm³/mol. The summed E-state index contributed by atoms with van der Waals surface area (Å²) >= 11 is 0. The summed E-state index contributed by atoms with van der Waals surface area (Å²) < 4.78 is 0. The van der Waals surface area contributed by atoms with E-state index < -0.39 is 0 Å². The minimum absolute atomic E-state index is 0.691. The molecular formula is C21H27N3. The third-order valence-electron chi connectivity index (χ3n) is 4.33. The maximum Gasteiger partial charge on any atom is 0.0991 e. The van der Waals surface area contributed by atoms with Gasteiger partial charge in [-0.3, -0.25) is 0 Å². The molecule has 1 aromatic rings. The monoisotopic (exact) mass is 321 g/mol. The number of hydrogen-bond donors (Lipinski definition) is 1. The Morgan fingerprint density at radius 1 is 1.12 bits per heavy atom. The van der Waals surface area contributed by atoms with Crippen LogP contribution in [0.5, 0.6) is 0 Å². The lowest BCUT2D eigenvalue weighted by molar-refractivity contribution is 0.390. The van der Waals surface area contributed by atoms with E-state index in [-0.39, 0.29) is 0 Å². The average Bonchev–Trinajstić information content (AvgIpc) is 2.89. The van der Waals surface area contributed by atoms with Crippen molar-refractivity contribution < 1.29 is 0 Å². The van der Waals surface area contributed by atoms with Crippen molar-refractivity contribution in [3.8, 4) is 6.07 Å². The fourth-order valence-electron chi connectivity index (χ4n) is 2.82. The van der Waals surface area contributed by atoms with Gasteiger partial charge in [-0.25, -0.2) is 0 Å². The first-order chi connectivity index (χ1) is 11.7.